The predicted molar refractivity (Wildman–Crippen MR) is 122 cm³/mol. The summed E-state index contributed by atoms with van der Waals surface area (Å²) < 4.78 is 0. The van der Waals surface area contributed by atoms with Crippen molar-refractivity contribution in [1.82, 2.24) is 15.2 Å². The third kappa shape index (κ3) is 4.69. The Balaban J connectivity index is 1.38. The largest absolute Gasteiger partial charge is 0.354 e. The maximum Gasteiger partial charge on any atom is 0.252 e. The third-order valence-electron chi connectivity index (χ3n) is 5.66. The highest BCUT2D eigenvalue weighted by Gasteiger charge is 2.17. The summed E-state index contributed by atoms with van der Waals surface area (Å²) in [7, 11) is 0. The number of carbonyl (C=O) groups is 1. The number of likely N-dealkylation sites (N-methyl/N-ethyl adjacent to an activating group) is 1. The lowest BCUT2D eigenvalue weighted by atomic mass is 9.99. The van der Waals surface area contributed by atoms with Crippen LogP contribution < -0.4 is 10.2 Å². The van der Waals surface area contributed by atoms with E-state index in [1.54, 1.807) is 0 Å². The number of anilines is 1. The minimum absolute atomic E-state index is 0.0748. The Hall–Kier alpha value is -3.18. The van der Waals surface area contributed by atoms with Gasteiger partial charge in [-0.1, -0.05) is 61.5 Å². The molecule has 0 unspecified atom stereocenters. The molecule has 0 saturated carbocycles. The first-order valence-electron chi connectivity index (χ1n) is 10.6. The molecule has 5 heteroatoms. The first-order valence-corrected chi connectivity index (χ1v) is 10.6. The standard InChI is InChI=1S/C25H28N4O/c1-2-28-14-16-29(17-15-28)24-13-12-20(18-26-24)19-27-25(30)23-11-7-6-10-22(23)21-8-4-3-5-9-21/h3-13,18H,2,14-17,19H2,1H3,(H,27,30). The highest BCUT2D eigenvalue weighted by atomic mass is 16.1. The number of carbonyl (C=O) groups excluding carboxylic acids is 1. The van der Waals surface area contributed by atoms with Gasteiger partial charge in [0.2, 0.25) is 0 Å². The van der Waals surface area contributed by atoms with Gasteiger partial charge in [-0.2, -0.15) is 0 Å². The van der Waals surface area contributed by atoms with Gasteiger partial charge in [0.05, 0.1) is 0 Å². The van der Waals surface area contributed by atoms with E-state index in [2.05, 4.69) is 39.2 Å². The summed E-state index contributed by atoms with van der Waals surface area (Å²) in [6.45, 7) is 7.94. The molecular weight excluding hydrogens is 372 g/mol. The van der Waals surface area contributed by atoms with Crippen LogP contribution in [0.5, 0.6) is 0 Å². The van der Waals surface area contributed by atoms with Crippen molar-refractivity contribution in [2.45, 2.75) is 13.5 Å². The maximum atomic E-state index is 12.8. The highest BCUT2D eigenvalue weighted by Crippen LogP contribution is 2.23. The van der Waals surface area contributed by atoms with Crippen LogP contribution in [0.3, 0.4) is 0 Å². The number of aromatic nitrogens is 1. The van der Waals surface area contributed by atoms with Gasteiger partial charge < -0.3 is 15.1 Å². The number of piperazine rings is 1. The molecule has 1 amide bonds. The molecule has 1 saturated heterocycles. The fraction of sp³-hybridized carbons (Fsp3) is 0.280. The molecule has 2 heterocycles. The maximum absolute atomic E-state index is 12.8. The fourth-order valence-corrected chi connectivity index (χ4v) is 3.83. The molecule has 0 aliphatic carbocycles. The second kappa shape index (κ2) is 9.55. The van der Waals surface area contributed by atoms with Gasteiger partial charge in [0.1, 0.15) is 5.82 Å². The van der Waals surface area contributed by atoms with Gasteiger partial charge in [0.25, 0.3) is 5.91 Å². The molecule has 5 nitrogen and oxygen atoms in total. The first kappa shape index (κ1) is 20.1. The van der Waals surface area contributed by atoms with E-state index in [9.17, 15) is 4.79 Å². The molecule has 1 N–H and O–H groups in total. The van der Waals surface area contributed by atoms with Crippen LogP contribution in [-0.4, -0.2) is 48.5 Å². The first-order chi connectivity index (χ1) is 14.7. The van der Waals surface area contributed by atoms with Gasteiger partial charge in [-0.3, -0.25) is 4.79 Å². The minimum atomic E-state index is -0.0748. The van der Waals surface area contributed by atoms with Gasteiger partial charge >= 0.3 is 0 Å². The molecule has 154 valence electrons. The van der Waals surface area contributed by atoms with Crippen LogP contribution in [0, 0.1) is 0 Å². The Labute approximate surface area is 178 Å². The lowest BCUT2D eigenvalue weighted by Gasteiger charge is -2.34. The summed E-state index contributed by atoms with van der Waals surface area (Å²) in [5.41, 5.74) is 3.66. The normalized spacial score (nSPS) is 14.5. The zero-order chi connectivity index (χ0) is 20.8. The molecule has 4 rings (SSSR count). The number of hydrogen-bond acceptors (Lipinski definition) is 4. The molecule has 30 heavy (non-hydrogen) atoms. The zero-order valence-corrected chi connectivity index (χ0v) is 17.4. The average molecular weight is 401 g/mol. The highest BCUT2D eigenvalue weighted by molar-refractivity contribution is 6.00. The van der Waals surface area contributed by atoms with E-state index in [1.807, 2.05) is 60.8 Å². The molecule has 1 aromatic heterocycles. The number of nitrogens with zero attached hydrogens (tertiary/aromatic N) is 3. The fourth-order valence-electron chi connectivity index (χ4n) is 3.83. The molecule has 3 aromatic rings. The summed E-state index contributed by atoms with van der Waals surface area (Å²) in [6.07, 6.45) is 1.87. The van der Waals surface area contributed by atoms with Crippen LogP contribution in [0.4, 0.5) is 5.82 Å². The SMILES string of the molecule is CCN1CCN(c2ccc(CNC(=O)c3ccccc3-c3ccccc3)cn2)CC1. The molecular formula is C25H28N4O. The number of benzene rings is 2. The Bertz CT molecular complexity index is 964. The second-order valence-electron chi connectivity index (χ2n) is 7.54. The number of pyridine rings is 1. The third-order valence-corrected chi connectivity index (χ3v) is 5.66. The lowest BCUT2D eigenvalue weighted by molar-refractivity contribution is 0.0951. The van der Waals surface area contributed by atoms with Gasteiger partial charge in [-0.05, 0) is 35.4 Å². The van der Waals surface area contributed by atoms with Gasteiger partial charge in [-0.15, -0.1) is 0 Å². The average Bonchev–Trinajstić information content (AvgIpc) is 2.83. The van der Waals surface area contributed by atoms with Crippen molar-refractivity contribution < 1.29 is 4.79 Å². The smallest absolute Gasteiger partial charge is 0.252 e. The molecule has 0 spiro atoms. The monoisotopic (exact) mass is 400 g/mol. The van der Waals surface area contributed by atoms with Crippen molar-refractivity contribution in [3.63, 3.8) is 0 Å². The summed E-state index contributed by atoms with van der Waals surface area (Å²) in [5.74, 6) is 0.935. The summed E-state index contributed by atoms with van der Waals surface area (Å²) >= 11 is 0. The molecule has 0 radical (unpaired) electrons. The van der Waals surface area contributed by atoms with E-state index >= 15 is 0 Å². The summed E-state index contributed by atoms with van der Waals surface area (Å²) in [5, 5.41) is 3.04. The molecule has 1 fully saturated rings. The molecule has 2 aromatic carbocycles. The lowest BCUT2D eigenvalue weighted by Crippen LogP contribution is -2.46. The Morgan fingerprint density at radius 3 is 2.37 bits per heavy atom. The van der Waals surface area contributed by atoms with E-state index in [-0.39, 0.29) is 5.91 Å². The van der Waals surface area contributed by atoms with E-state index < -0.39 is 0 Å². The minimum Gasteiger partial charge on any atom is -0.354 e. The van der Waals surface area contributed by atoms with Gasteiger partial charge in [-0.25, -0.2) is 4.98 Å². The van der Waals surface area contributed by atoms with Crippen LogP contribution in [0.2, 0.25) is 0 Å². The number of hydrogen-bond donors (Lipinski definition) is 1. The zero-order valence-electron chi connectivity index (χ0n) is 17.4. The van der Waals surface area contributed by atoms with E-state index in [4.69, 9.17) is 0 Å². The van der Waals surface area contributed by atoms with Crippen molar-refractivity contribution in [2.24, 2.45) is 0 Å². The summed E-state index contributed by atoms with van der Waals surface area (Å²) in [6, 6.07) is 21.8. The Morgan fingerprint density at radius 2 is 1.67 bits per heavy atom. The van der Waals surface area contributed by atoms with E-state index in [0.29, 0.717) is 12.1 Å². The summed E-state index contributed by atoms with van der Waals surface area (Å²) in [4.78, 5) is 22.2. The number of nitrogens with one attached hydrogen (secondary N) is 1. The predicted octanol–water partition coefficient (Wildman–Crippen LogP) is 3.82. The molecule has 0 bridgehead atoms. The van der Waals surface area contributed by atoms with Gasteiger partial charge in [0, 0.05) is 44.5 Å². The van der Waals surface area contributed by atoms with Crippen molar-refractivity contribution in [3.8, 4) is 11.1 Å². The van der Waals surface area contributed by atoms with Gasteiger partial charge in [0.15, 0.2) is 0 Å². The molecule has 1 aliphatic heterocycles. The van der Waals surface area contributed by atoms with Crippen LogP contribution in [0.15, 0.2) is 72.9 Å². The van der Waals surface area contributed by atoms with Crippen LogP contribution in [0.1, 0.15) is 22.8 Å². The Morgan fingerprint density at radius 1 is 0.933 bits per heavy atom. The van der Waals surface area contributed by atoms with Crippen LogP contribution in [0.25, 0.3) is 11.1 Å². The van der Waals surface area contributed by atoms with Crippen molar-refractivity contribution in [1.29, 1.82) is 0 Å². The topological polar surface area (TPSA) is 48.5 Å². The van der Waals surface area contributed by atoms with Crippen molar-refractivity contribution >= 4 is 11.7 Å². The Kier molecular flexibility index (Phi) is 6.40. The quantitative estimate of drug-likeness (QED) is 0.683. The molecule has 0 atom stereocenters. The van der Waals surface area contributed by atoms with Crippen LogP contribution >= 0.6 is 0 Å². The van der Waals surface area contributed by atoms with Crippen molar-refractivity contribution in [2.75, 3.05) is 37.6 Å². The van der Waals surface area contributed by atoms with E-state index in [0.717, 1.165) is 55.2 Å². The van der Waals surface area contributed by atoms with Crippen LogP contribution in [-0.2, 0) is 6.54 Å². The second-order valence-corrected chi connectivity index (χ2v) is 7.54. The van der Waals surface area contributed by atoms with Crippen molar-refractivity contribution in [3.05, 3.63) is 84.1 Å². The van der Waals surface area contributed by atoms with E-state index in [1.165, 1.54) is 0 Å². The molecule has 1 aliphatic rings. The number of rotatable bonds is 6. The number of amides is 1.